The number of aliphatic imine (C=N–C) groups is 1. The topological polar surface area (TPSA) is 62.2 Å². The van der Waals surface area contributed by atoms with Crippen LogP contribution in [0.4, 0.5) is 0 Å². The van der Waals surface area contributed by atoms with Gasteiger partial charge in [-0.25, -0.2) is 4.98 Å². The summed E-state index contributed by atoms with van der Waals surface area (Å²) in [7, 11) is 1.79. The van der Waals surface area contributed by atoms with Gasteiger partial charge < -0.3 is 10.6 Å². The van der Waals surface area contributed by atoms with E-state index in [2.05, 4.69) is 46.8 Å². The summed E-state index contributed by atoms with van der Waals surface area (Å²) in [6.07, 6.45) is 3.60. The van der Waals surface area contributed by atoms with Crippen molar-refractivity contribution in [3.05, 3.63) is 46.2 Å². The molecule has 0 radical (unpaired) electrons. The van der Waals surface area contributed by atoms with Crippen LogP contribution in [0.5, 0.6) is 0 Å². The van der Waals surface area contributed by atoms with Crippen molar-refractivity contribution >= 4 is 17.3 Å². The third-order valence-electron chi connectivity index (χ3n) is 3.57. The second kappa shape index (κ2) is 8.78. The number of guanidine groups is 1. The molecule has 0 aliphatic carbocycles. The molecule has 24 heavy (non-hydrogen) atoms. The zero-order valence-electron chi connectivity index (χ0n) is 15.0. The Labute approximate surface area is 148 Å². The number of hydrogen-bond donors (Lipinski definition) is 2. The molecule has 0 amide bonds. The van der Waals surface area contributed by atoms with Crippen molar-refractivity contribution in [1.82, 2.24) is 20.6 Å². The Morgan fingerprint density at radius 1 is 1.17 bits per heavy atom. The van der Waals surface area contributed by atoms with Crippen LogP contribution in [0, 0.1) is 0 Å². The van der Waals surface area contributed by atoms with Crippen molar-refractivity contribution in [2.75, 3.05) is 20.1 Å². The van der Waals surface area contributed by atoms with E-state index < -0.39 is 0 Å². The molecule has 0 aliphatic rings. The lowest BCUT2D eigenvalue weighted by atomic mass is 9.93. The first-order chi connectivity index (χ1) is 11.5. The fourth-order valence-corrected chi connectivity index (χ4v) is 3.16. The van der Waals surface area contributed by atoms with E-state index in [0.29, 0.717) is 0 Å². The van der Waals surface area contributed by atoms with Gasteiger partial charge in [0, 0.05) is 55.7 Å². The van der Waals surface area contributed by atoms with Crippen molar-refractivity contribution in [3.8, 4) is 0 Å². The molecule has 2 N–H and O–H groups in total. The number of nitrogens with zero attached hydrogens (tertiary/aromatic N) is 3. The standard InChI is InChI=1S/C18H27N5S/c1-18(2,3)15-13-24-16(23-15)9-12-22-17(19-4)21-11-8-14-7-5-6-10-20-14/h5-7,10,13H,8-9,11-12H2,1-4H3,(H2,19,21,22). The molecule has 0 unspecified atom stereocenters. The molecule has 0 spiro atoms. The summed E-state index contributed by atoms with van der Waals surface area (Å²) in [6, 6.07) is 5.98. The van der Waals surface area contributed by atoms with Crippen molar-refractivity contribution in [3.63, 3.8) is 0 Å². The number of pyridine rings is 1. The normalized spacial score (nSPS) is 12.2. The number of hydrogen-bond acceptors (Lipinski definition) is 4. The van der Waals surface area contributed by atoms with Gasteiger partial charge in [0.2, 0.25) is 0 Å². The summed E-state index contributed by atoms with van der Waals surface area (Å²) in [6.45, 7) is 8.20. The first kappa shape index (κ1) is 18.4. The zero-order chi connectivity index (χ0) is 17.4. The Morgan fingerprint density at radius 2 is 1.92 bits per heavy atom. The maximum absolute atomic E-state index is 4.72. The summed E-state index contributed by atoms with van der Waals surface area (Å²) in [5, 5.41) is 9.98. The molecule has 130 valence electrons. The van der Waals surface area contributed by atoms with Gasteiger partial charge in [-0.1, -0.05) is 26.8 Å². The van der Waals surface area contributed by atoms with Crippen LogP contribution >= 0.6 is 11.3 Å². The van der Waals surface area contributed by atoms with Gasteiger partial charge in [-0.15, -0.1) is 11.3 Å². The van der Waals surface area contributed by atoms with Crippen molar-refractivity contribution in [2.24, 2.45) is 4.99 Å². The van der Waals surface area contributed by atoms with Crippen molar-refractivity contribution in [2.45, 2.75) is 39.0 Å². The Morgan fingerprint density at radius 3 is 2.50 bits per heavy atom. The summed E-state index contributed by atoms with van der Waals surface area (Å²) < 4.78 is 0. The minimum Gasteiger partial charge on any atom is -0.356 e. The summed E-state index contributed by atoms with van der Waals surface area (Å²) in [5.74, 6) is 0.818. The number of nitrogens with one attached hydrogen (secondary N) is 2. The largest absolute Gasteiger partial charge is 0.356 e. The lowest BCUT2D eigenvalue weighted by Gasteiger charge is -2.14. The molecule has 0 atom stereocenters. The lowest BCUT2D eigenvalue weighted by molar-refractivity contribution is 0.570. The summed E-state index contributed by atoms with van der Waals surface area (Å²) in [5.41, 5.74) is 2.36. The van der Waals surface area contributed by atoms with E-state index in [1.54, 1.807) is 18.4 Å². The molecule has 0 aromatic carbocycles. The molecule has 0 aliphatic heterocycles. The predicted octanol–water partition coefficient (Wildman–Crippen LogP) is 2.79. The predicted molar refractivity (Wildman–Crippen MR) is 102 cm³/mol. The van der Waals surface area contributed by atoms with E-state index in [-0.39, 0.29) is 5.41 Å². The van der Waals surface area contributed by atoms with Gasteiger partial charge in [0.05, 0.1) is 10.7 Å². The number of aromatic nitrogens is 2. The Hall–Kier alpha value is -1.95. The van der Waals surface area contributed by atoms with Crippen LogP contribution in [0.25, 0.3) is 0 Å². The summed E-state index contributed by atoms with van der Waals surface area (Å²) in [4.78, 5) is 13.3. The quantitative estimate of drug-likeness (QED) is 0.624. The molecule has 2 aromatic rings. The maximum Gasteiger partial charge on any atom is 0.191 e. The molecule has 5 nitrogen and oxygen atoms in total. The van der Waals surface area contributed by atoms with Crippen molar-refractivity contribution < 1.29 is 0 Å². The number of rotatable bonds is 6. The highest BCUT2D eigenvalue weighted by Gasteiger charge is 2.17. The van der Waals surface area contributed by atoms with Crippen LogP contribution in [0.2, 0.25) is 0 Å². The second-order valence-electron chi connectivity index (χ2n) is 6.62. The highest BCUT2D eigenvalue weighted by molar-refractivity contribution is 7.09. The highest BCUT2D eigenvalue weighted by atomic mass is 32.1. The summed E-state index contributed by atoms with van der Waals surface area (Å²) >= 11 is 1.73. The van der Waals surface area contributed by atoms with Crippen molar-refractivity contribution in [1.29, 1.82) is 0 Å². The highest BCUT2D eigenvalue weighted by Crippen LogP contribution is 2.23. The molecule has 2 aromatic heterocycles. The minimum atomic E-state index is 0.116. The molecule has 6 heteroatoms. The van der Waals surface area contributed by atoms with E-state index in [0.717, 1.165) is 42.6 Å². The van der Waals surface area contributed by atoms with Crippen LogP contribution < -0.4 is 10.6 Å². The van der Waals surface area contributed by atoms with Gasteiger partial charge >= 0.3 is 0 Å². The molecule has 0 bridgehead atoms. The monoisotopic (exact) mass is 345 g/mol. The molecular formula is C18H27N5S. The van der Waals surface area contributed by atoms with Gasteiger partial charge in [0.1, 0.15) is 0 Å². The van der Waals surface area contributed by atoms with Crippen LogP contribution in [0.15, 0.2) is 34.8 Å². The van der Waals surface area contributed by atoms with Crippen LogP contribution in [-0.4, -0.2) is 36.1 Å². The molecule has 0 saturated carbocycles. The molecule has 2 rings (SSSR count). The van der Waals surface area contributed by atoms with Gasteiger partial charge in [0.15, 0.2) is 5.96 Å². The minimum absolute atomic E-state index is 0.116. The Bertz CT molecular complexity index is 643. The van der Waals surface area contributed by atoms with E-state index >= 15 is 0 Å². The van der Waals surface area contributed by atoms with Gasteiger partial charge in [0.25, 0.3) is 0 Å². The van der Waals surface area contributed by atoms with E-state index in [1.165, 1.54) is 5.69 Å². The fourth-order valence-electron chi connectivity index (χ4n) is 2.13. The molecular weight excluding hydrogens is 318 g/mol. The van der Waals surface area contributed by atoms with E-state index in [9.17, 15) is 0 Å². The van der Waals surface area contributed by atoms with Crippen LogP contribution in [0.1, 0.15) is 37.2 Å². The maximum atomic E-state index is 4.72. The smallest absolute Gasteiger partial charge is 0.191 e. The third-order valence-corrected chi connectivity index (χ3v) is 4.48. The average Bonchev–Trinajstić information content (AvgIpc) is 3.03. The lowest BCUT2D eigenvalue weighted by Crippen LogP contribution is -2.39. The van der Waals surface area contributed by atoms with E-state index in [1.807, 2.05) is 24.4 Å². The number of thiazole rings is 1. The Kier molecular flexibility index (Phi) is 6.73. The van der Waals surface area contributed by atoms with Gasteiger partial charge in [-0.05, 0) is 12.1 Å². The average molecular weight is 346 g/mol. The first-order valence-electron chi connectivity index (χ1n) is 8.28. The molecule has 0 saturated heterocycles. The second-order valence-corrected chi connectivity index (χ2v) is 7.57. The first-order valence-corrected chi connectivity index (χ1v) is 9.16. The molecule has 0 fully saturated rings. The van der Waals surface area contributed by atoms with E-state index in [4.69, 9.17) is 4.98 Å². The van der Waals surface area contributed by atoms with Crippen LogP contribution in [-0.2, 0) is 18.3 Å². The SMILES string of the molecule is CN=C(NCCc1ccccn1)NCCc1nc(C(C)(C)C)cs1. The van der Waals surface area contributed by atoms with Crippen LogP contribution in [0.3, 0.4) is 0 Å². The van der Waals surface area contributed by atoms with Gasteiger partial charge in [-0.2, -0.15) is 0 Å². The third kappa shape index (κ3) is 5.92. The molecule has 2 heterocycles. The fraction of sp³-hybridized carbons (Fsp3) is 0.500. The van der Waals surface area contributed by atoms with Gasteiger partial charge in [-0.3, -0.25) is 9.98 Å². The Balaban J connectivity index is 1.71. The zero-order valence-corrected chi connectivity index (χ0v) is 15.8.